The number of carbonyl (C=O) groups excluding carboxylic acids is 1. The molecule has 0 amide bonds. The SMILES string of the molecule is C[C@]12CC[C@H](OC(=O)OCCN3CCCC3)C[C@H]1CC[C@H]1C3=CC[C@H](c4ccc(=O)oc4)[C@@]3(C)CC[C@@H]12. The number of hydrogen-bond acceptors (Lipinski definition) is 6. The third kappa shape index (κ3) is 4.57. The lowest BCUT2D eigenvalue weighted by atomic mass is 9.46. The highest BCUT2D eigenvalue weighted by atomic mass is 16.7. The smallest absolute Gasteiger partial charge is 0.433 e. The first kappa shape index (κ1) is 25.2. The monoisotopic (exact) mass is 509 g/mol. The van der Waals surface area contributed by atoms with Crippen molar-refractivity contribution in [2.75, 3.05) is 26.2 Å². The van der Waals surface area contributed by atoms with Gasteiger partial charge in [0.25, 0.3) is 0 Å². The van der Waals surface area contributed by atoms with Crippen LogP contribution in [0, 0.1) is 28.6 Å². The summed E-state index contributed by atoms with van der Waals surface area (Å²) in [5.74, 6) is 2.36. The molecular formula is C31H43NO5. The Balaban J connectivity index is 1.07. The Morgan fingerprint density at radius 1 is 1.11 bits per heavy atom. The van der Waals surface area contributed by atoms with Crippen molar-refractivity contribution in [1.82, 2.24) is 4.90 Å². The highest BCUT2D eigenvalue weighted by molar-refractivity contribution is 5.60. The topological polar surface area (TPSA) is 69.0 Å². The number of rotatable bonds is 5. The largest absolute Gasteiger partial charge is 0.508 e. The average Bonchev–Trinajstić information content (AvgIpc) is 3.52. The van der Waals surface area contributed by atoms with Gasteiger partial charge in [-0.05, 0) is 123 Å². The highest BCUT2D eigenvalue weighted by Gasteiger charge is 2.58. The maximum Gasteiger partial charge on any atom is 0.508 e. The Bertz CT molecular complexity index is 1070. The Morgan fingerprint density at radius 2 is 1.95 bits per heavy atom. The predicted molar refractivity (Wildman–Crippen MR) is 141 cm³/mol. The Kier molecular flexibility index (Phi) is 6.75. The third-order valence-corrected chi connectivity index (χ3v) is 11.2. The number of ether oxygens (including phenoxy) is 2. The van der Waals surface area contributed by atoms with Crippen LogP contribution < -0.4 is 5.63 Å². The molecule has 1 aliphatic heterocycles. The van der Waals surface area contributed by atoms with E-state index in [0.29, 0.717) is 35.7 Å². The van der Waals surface area contributed by atoms with E-state index in [0.717, 1.165) is 50.9 Å². The van der Waals surface area contributed by atoms with Crippen molar-refractivity contribution in [1.29, 1.82) is 0 Å². The van der Waals surface area contributed by atoms with E-state index in [1.165, 1.54) is 38.5 Å². The average molecular weight is 510 g/mol. The molecule has 6 nitrogen and oxygen atoms in total. The van der Waals surface area contributed by atoms with Crippen LogP contribution in [0.2, 0.25) is 0 Å². The van der Waals surface area contributed by atoms with Gasteiger partial charge in [-0.15, -0.1) is 0 Å². The highest BCUT2D eigenvalue weighted by Crippen LogP contribution is 2.67. The number of hydrogen-bond donors (Lipinski definition) is 0. The Hall–Kier alpha value is -2.08. The van der Waals surface area contributed by atoms with E-state index in [9.17, 15) is 9.59 Å². The lowest BCUT2D eigenvalue weighted by Crippen LogP contribution is -2.52. The summed E-state index contributed by atoms with van der Waals surface area (Å²) in [7, 11) is 0. The standard InChI is InChI=1S/C31H43NO5/c1-30-13-11-23(37-29(34)35-18-17-32-15-3-4-16-32)19-22(30)6-7-24-26-9-8-25(21-5-10-28(33)36-20-21)31(26,2)14-12-27(24)30/h5,9-10,20,22-25,27H,3-4,6-8,11-19H2,1-2H3/t22-,23+,24+,25-,27+,30+,31-/m1/s1. The van der Waals surface area contributed by atoms with E-state index < -0.39 is 6.16 Å². The van der Waals surface area contributed by atoms with Gasteiger partial charge in [-0.1, -0.05) is 25.5 Å². The van der Waals surface area contributed by atoms with Gasteiger partial charge in [0.1, 0.15) is 12.7 Å². The van der Waals surface area contributed by atoms with E-state index in [1.807, 2.05) is 6.07 Å². The lowest BCUT2D eigenvalue weighted by Gasteiger charge is -2.59. The zero-order valence-electron chi connectivity index (χ0n) is 22.6. The van der Waals surface area contributed by atoms with Gasteiger partial charge >= 0.3 is 11.8 Å². The molecule has 5 aliphatic rings. The van der Waals surface area contributed by atoms with E-state index in [1.54, 1.807) is 17.9 Å². The van der Waals surface area contributed by atoms with Crippen LogP contribution >= 0.6 is 0 Å². The predicted octanol–water partition coefficient (Wildman–Crippen LogP) is 6.30. The molecule has 0 spiro atoms. The van der Waals surface area contributed by atoms with E-state index in [2.05, 4.69) is 24.8 Å². The first-order valence-corrected chi connectivity index (χ1v) is 14.7. The summed E-state index contributed by atoms with van der Waals surface area (Å²) in [4.78, 5) is 26.3. The van der Waals surface area contributed by atoms with Crippen LogP contribution in [-0.4, -0.2) is 43.4 Å². The van der Waals surface area contributed by atoms with Crippen LogP contribution in [0.15, 0.2) is 39.3 Å². The number of nitrogens with zero attached hydrogens (tertiary/aromatic N) is 1. The molecule has 6 rings (SSSR count). The fraction of sp³-hybridized carbons (Fsp3) is 0.742. The third-order valence-electron chi connectivity index (χ3n) is 11.2. The molecule has 7 atom stereocenters. The minimum Gasteiger partial charge on any atom is -0.433 e. The number of fused-ring (bicyclic) bond motifs is 5. The molecule has 3 saturated carbocycles. The van der Waals surface area contributed by atoms with Gasteiger partial charge in [-0.25, -0.2) is 9.59 Å². The van der Waals surface area contributed by atoms with Crippen LogP contribution in [0.3, 0.4) is 0 Å². The maximum atomic E-state index is 12.4. The molecule has 4 aliphatic carbocycles. The van der Waals surface area contributed by atoms with E-state index in [4.69, 9.17) is 13.9 Å². The minimum absolute atomic E-state index is 0.00872. The van der Waals surface area contributed by atoms with E-state index >= 15 is 0 Å². The van der Waals surface area contributed by atoms with Crippen molar-refractivity contribution in [3.63, 3.8) is 0 Å². The second-order valence-corrected chi connectivity index (χ2v) is 12.9. The van der Waals surface area contributed by atoms with Gasteiger partial charge in [0.15, 0.2) is 0 Å². The first-order valence-electron chi connectivity index (χ1n) is 14.7. The summed E-state index contributed by atoms with van der Waals surface area (Å²) in [6.07, 6.45) is 15.2. The Labute approximate surface area is 220 Å². The van der Waals surface area contributed by atoms with Gasteiger partial charge in [-0.2, -0.15) is 0 Å². The summed E-state index contributed by atoms with van der Waals surface area (Å²) in [6, 6.07) is 3.54. The molecule has 1 saturated heterocycles. The van der Waals surface area contributed by atoms with Crippen LogP contribution in [0.1, 0.15) is 89.5 Å². The molecule has 0 unspecified atom stereocenters. The molecule has 0 N–H and O–H groups in total. The summed E-state index contributed by atoms with van der Waals surface area (Å²) < 4.78 is 16.5. The van der Waals surface area contributed by atoms with Crippen LogP contribution in [-0.2, 0) is 9.47 Å². The molecule has 1 aromatic rings. The van der Waals surface area contributed by atoms with Crippen molar-refractivity contribution >= 4 is 6.16 Å². The second kappa shape index (κ2) is 9.91. The fourth-order valence-corrected chi connectivity index (χ4v) is 9.16. The van der Waals surface area contributed by atoms with Crippen LogP contribution in [0.4, 0.5) is 4.79 Å². The second-order valence-electron chi connectivity index (χ2n) is 12.9. The molecule has 2 heterocycles. The van der Waals surface area contributed by atoms with Gasteiger partial charge < -0.3 is 13.9 Å². The van der Waals surface area contributed by atoms with Crippen molar-refractivity contribution in [3.8, 4) is 0 Å². The zero-order valence-corrected chi connectivity index (χ0v) is 22.6. The molecule has 37 heavy (non-hydrogen) atoms. The summed E-state index contributed by atoms with van der Waals surface area (Å²) in [6.45, 7) is 8.46. The normalized spacial score (nSPS) is 39.3. The quantitative estimate of drug-likeness (QED) is 0.343. The number of carbonyl (C=O) groups is 1. The van der Waals surface area contributed by atoms with Gasteiger partial charge in [0.2, 0.25) is 0 Å². The van der Waals surface area contributed by atoms with Crippen LogP contribution in [0.5, 0.6) is 0 Å². The first-order chi connectivity index (χ1) is 17.9. The maximum absolute atomic E-state index is 12.4. The van der Waals surface area contributed by atoms with Gasteiger partial charge in [0, 0.05) is 12.6 Å². The molecule has 0 bridgehead atoms. The van der Waals surface area contributed by atoms with Gasteiger partial charge in [0.05, 0.1) is 6.26 Å². The molecule has 4 fully saturated rings. The van der Waals surface area contributed by atoms with E-state index in [-0.39, 0.29) is 17.1 Å². The zero-order chi connectivity index (χ0) is 25.6. The molecule has 0 radical (unpaired) electrons. The van der Waals surface area contributed by atoms with Crippen molar-refractivity contribution in [3.05, 3.63) is 46.0 Å². The molecule has 0 aromatic carbocycles. The Morgan fingerprint density at radius 3 is 2.73 bits per heavy atom. The molecular weight excluding hydrogens is 466 g/mol. The van der Waals surface area contributed by atoms with Crippen molar-refractivity contribution in [2.45, 2.75) is 90.1 Å². The summed E-state index contributed by atoms with van der Waals surface area (Å²) >= 11 is 0. The molecule has 1 aromatic heterocycles. The van der Waals surface area contributed by atoms with Crippen LogP contribution in [0.25, 0.3) is 0 Å². The minimum atomic E-state index is -0.478. The summed E-state index contributed by atoms with van der Waals surface area (Å²) in [5, 5.41) is 0. The van der Waals surface area contributed by atoms with Crippen molar-refractivity contribution in [2.24, 2.45) is 28.6 Å². The fourth-order valence-electron chi connectivity index (χ4n) is 9.16. The molecule has 6 heteroatoms. The number of likely N-dealkylation sites (tertiary alicyclic amines) is 1. The summed E-state index contributed by atoms with van der Waals surface area (Å²) in [5.41, 5.74) is 3.02. The van der Waals surface area contributed by atoms with Gasteiger partial charge in [-0.3, -0.25) is 4.90 Å². The lowest BCUT2D eigenvalue weighted by molar-refractivity contribution is -0.0919. The molecule has 202 valence electrons. The number of allylic oxidation sites excluding steroid dienone is 2. The van der Waals surface area contributed by atoms with Crippen molar-refractivity contribution < 1.29 is 18.7 Å².